The molecule has 3 amide bonds. The smallest absolute Gasteiger partial charge is 0.415 e. The Kier molecular flexibility index (Phi) is 6.14. The molecule has 23 heavy (non-hydrogen) atoms. The first-order chi connectivity index (χ1) is 11.1. The Balaban J connectivity index is 1.69. The number of urea groups is 1. The van der Waals surface area contributed by atoms with Gasteiger partial charge in [0.2, 0.25) is 0 Å². The topological polar surface area (TPSA) is 95.1 Å². The van der Waals surface area contributed by atoms with Crippen LogP contribution >= 0.6 is 0 Å². The number of anilines is 1. The van der Waals surface area contributed by atoms with E-state index in [0.29, 0.717) is 12.1 Å². The zero-order chi connectivity index (χ0) is 16.5. The van der Waals surface area contributed by atoms with Crippen molar-refractivity contribution in [3.05, 3.63) is 66.2 Å². The molecule has 120 valence electrons. The van der Waals surface area contributed by atoms with E-state index in [1.165, 1.54) is 0 Å². The largest absolute Gasteiger partial charge is 0.443 e. The number of carbonyl (C=O) groups excluding carboxylic acids is 2. The van der Waals surface area contributed by atoms with Crippen molar-refractivity contribution in [3.8, 4) is 0 Å². The lowest BCUT2D eigenvalue weighted by atomic mass is 10.1. The van der Waals surface area contributed by atoms with E-state index in [4.69, 9.17) is 4.74 Å². The molecule has 0 aliphatic rings. The molecule has 0 saturated heterocycles. The maximum Gasteiger partial charge on any atom is 0.415 e. The first-order valence-electron chi connectivity index (χ1n) is 7.30. The quantitative estimate of drug-likeness (QED) is 0.785. The summed E-state index contributed by atoms with van der Waals surface area (Å²) in [7, 11) is 0. The number of alkyl carbamates (subject to hydrolysis) is 1. The number of para-hydroxylation sites is 1. The summed E-state index contributed by atoms with van der Waals surface area (Å²) < 4.78 is 5.01. The summed E-state index contributed by atoms with van der Waals surface area (Å²) in [5.41, 5.74) is 5.66. The molecule has 0 spiro atoms. The fraction of sp³-hybridized carbons (Fsp3) is 0.176. The van der Waals surface area contributed by atoms with Crippen LogP contribution in [-0.2, 0) is 11.2 Å². The van der Waals surface area contributed by atoms with E-state index >= 15 is 0 Å². The SMILES string of the molecule is [NH3+][C@@H](COC(=O)NC(=O)Nc1ccccc1)Cc1ccccc1. The molecule has 0 fully saturated rings. The van der Waals surface area contributed by atoms with Crippen molar-refractivity contribution in [2.45, 2.75) is 12.5 Å². The number of quaternary nitrogens is 1. The Morgan fingerprint density at radius 2 is 1.61 bits per heavy atom. The fourth-order valence-electron chi connectivity index (χ4n) is 2.01. The minimum absolute atomic E-state index is 0.0830. The number of amides is 3. The van der Waals surface area contributed by atoms with Crippen molar-refractivity contribution in [1.29, 1.82) is 0 Å². The highest BCUT2D eigenvalue weighted by Crippen LogP contribution is 2.04. The number of carbonyl (C=O) groups is 2. The lowest BCUT2D eigenvalue weighted by Gasteiger charge is -2.10. The average molecular weight is 314 g/mol. The maximum absolute atomic E-state index is 11.6. The number of nitrogens with one attached hydrogen (secondary N) is 2. The highest BCUT2D eigenvalue weighted by Gasteiger charge is 2.13. The van der Waals surface area contributed by atoms with Gasteiger partial charge in [-0.05, 0) is 17.7 Å². The van der Waals surface area contributed by atoms with E-state index in [0.717, 1.165) is 5.56 Å². The molecule has 0 radical (unpaired) electrons. The van der Waals surface area contributed by atoms with Crippen LogP contribution in [0.5, 0.6) is 0 Å². The molecule has 0 aliphatic carbocycles. The number of imide groups is 1. The van der Waals surface area contributed by atoms with Crippen molar-refractivity contribution in [2.75, 3.05) is 11.9 Å². The van der Waals surface area contributed by atoms with Crippen molar-refractivity contribution in [1.82, 2.24) is 5.32 Å². The summed E-state index contributed by atoms with van der Waals surface area (Å²) in [5.74, 6) is 0. The normalized spacial score (nSPS) is 11.3. The Labute approximate surface area is 134 Å². The second-order valence-electron chi connectivity index (χ2n) is 5.10. The minimum atomic E-state index is -0.792. The van der Waals surface area contributed by atoms with E-state index in [-0.39, 0.29) is 12.6 Å². The van der Waals surface area contributed by atoms with E-state index in [2.05, 4.69) is 16.4 Å². The summed E-state index contributed by atoms with van der Waals surface area (Å²) in [4.78, 5) is 23.2. The Bertz CT molecular complexity index is 632. The third kappa shape index (κ3) is 6.19. The second-order valence-corrected chi connectivity index (χ2v) is 5.10. The summed E-state index contributed by atoms with van der Waals surface area (Å²) in [6, 6.07) is 17.9. The maximum atomic E-state index is 11.6. The van der Waals surface area contributed by atoms with Crippen LogP contribution in [-0.4, -0.2) is 24.8 Å². The number of ether oxygens (including phenoxy) is 1. The molecule has 6 heteroatoms. The van der Waals surface area contributed by atoms with Gasteiger partial charge in [-0.25, -0.2) is 14.9 Å². The van der Waals surface area contributed by atoms with Gasteiger partial charge in [-0.2, -0.15) is 0 Å². The summed E-state index contributed by atoms with van der Waals surface area (Å²) in [6.45, 7) is 0.138. The highest BCUT2D eigenvalue weighted by molar-refractivity contribution is 5.98. The molecule has 0 unspecified atom stereocenters. The minimum Gasteiger partial charge on any atom is -0.443 e. The van der Waals surface area contributed by atoms with Gasteiger partial charge in [0, 0.05) is 12.1 Å². The fourth-order valence-corrected chi connectivity index (χ4v) is 2.01. The van der Waals surface area contributed by atoms with Gasteiger partial charge in [0.1, 0.15) is 12.6 Å². The monoisotopic (exact) mass is 314 g/mol. The predicted molar refractivity (Wildman–Crippen MR) is 86.8 cm³/mol. The van der Waals surface area contributed by atoms with Crippen LogP contribution in [0.15, 0.2) is 60.7 Å². The predicted octanol–water partition coefficient (Wildman–Crippen LogP) is 1.80. The number of hydrogen-bond acceptors (Lipinski definition) is 3. The number of hydrogen-bond donors (Lipinski definition) is 3. The standard InChI is InChI=1S/C17H19N3O3/c18-14(11-13-7-3-1-4-8-13)12-23-17(22)20-16(21)19-15-9-5-2-6-10-15/h1-10,14H,11-12,18H2,(H2,19,20,21,22)/p+1/t14-/m1/s1. The van der Waals surface area contributed by atoms with E-state index in [9.17, 15) is 9.59 Å². The molecule has 2 rings (SSSR count). The molecule has 6 nitrogen and oxygen atoms in total. The van der Waals surface area contributed by atoms with Crippen molar-refractivity contribution in [3.63, 3.8) is 0 Å². The van der Waals surface area contributed by atoms with Gasteiger partial charge in [0.15, 0.2) is 0 Å². The third-order valence-corrected chi connectivity index (χ3v) is 3.06. The Hall–Kier alpha value is -2.86. The van der Waals surface area contributed by atoms with Crippen LogP contribution in [0.3, 0.4) is 0 Å². The van der Waals surface area contributed by atoms with E-state index in [1.54, 1.807) is 24.3 Å². The molecule has 2 aromatic carbocycles. The van der Waals surface area contributed by atoms with Crippen LogP contribution in [0.25, 0.3) is 0 Å². The molecule has 0 aliphatic heterocycles. The first-order valence-corrected chi connectivity index (χ1v) is 7.30. The van der Waals surface area contributed by atoms with Crippen molar-refractivity contribution >= 4 is 17.8 Å². The molecule has 0 aromatic heterocycles. The van der Waals surface area contributed by atoms with Gasteiger partial charge in [-0.15, -0.1) is 0 Å². The average Bonchev–Trinajstić information content (AvgIpc) is 2.55. The third-order valence-electron chi connectivity index (χ3n) is 3.06. The summed E-state index contributed by atoms with van der Waals surface area (Å²) in [6.07, 6.45) is -0.0928. The van der Waals surface area contributed by atoms with Crippen molar-refractivity contribution in [2.24, 2.45) is 0 Å². The van der Waals surface area contributed by atoms with E-state index < -0.39 is 12.1 Å². The zero-order valence-electron chi connectivity index (χ0n) is 12.7. The molecule has 5 N–H and O–H groups in total. The van der Waals surface area contributed by atoms with Crippen LogP contribution < -0.4 is 16.4 Å². The summed E-state index contributed by atoms with van der Waals surface area (Å²) in [5, 5.41) is 4.64. The molecule has 0 bridgehead atoms. The van der Waals surface area contributed by atoms with Gasteiger partial charge >= 0.3 is 12.1 Å². The van der Waals surface area contributed by atoms with Gasteiger partial charge < -0.3 is 15.8 Å². The van der Waals surface area contributed by atoms with Crippen LogP contribution in [0.4, 0.5) is 15.3 Å². The zero-order valence-corrected chi connectivity index (χ0v) is 12.7. The molecular weight excluding hydrogens is 294 g/mol. The molecule has 0 saturated carbocycles. The van der Waals surface area contributed by atoms with Gasteiger partial charge in [0.05, 0.1) is 0 Å². The first kappa shape index (κ1) is 16.5. The lowest BCUT2D eigenvalue weighted by Crippen LogP contribution is -2.64. The number of benzene rings is 2. The van der Waals surface area contributed by atoms with Crippen molar-refractivity contribution < 1.29 is 20.1 Å². The number of rotatable bonds is 5. The molecule has 2 aromatic rings. The van der Waals surface area contributed by atoms with Gasteiger partial charge in [-0.1, -0.05) is 48.5 Å². The molecule has 0 heterocycles. The Morgan fingerprint density at radius 3 is 2.26 bits per heavy atom. The lowest BCUT2D eigenvalue weighted by molar-refractivity contribution is -0.424. The van der Waals surface area contributed by atoms with Gasteiger partial charge in [-0.3, -0.25) is 0 Å². The van der Waals surface area contributed by atoms with Gasteiger partial charge in [0.25, 0.3) is 0 Å². The van der Waals surface area contributed by atoms with Crippen LogP contribution in [0.2, 0.25) is 0 Å². The summed E-state index contributed by atoms with van der Waals surface area (Å²) >= 11 is 0. The highest BCUT2D eigenvalue weighted by atomic mass is 16.5. The molecule has 1 atom stereocenters. The van der Waals surface area contributed by atoms with Crippen LogP contribution in [0.1, 0.15) is 5.56 Å². The van der Waals surface area contributed by atoms with Crippen LogP contribution in [0, 0.1) is 0 Å². The molecular formula is C17H20N3O3+. The Morgan fingerprint density at radius 1 is 1.00 bits per heavy atom. The van der Waals surface area contributed by atoms with E-state index in [1.807, 2.05) is 36.4 Å². The second kappa shape index (κ2) is 8.55.